The van der Waals surface area contributed by atoms with Crippen molar-refractivity contribution in [1.29, 1.82) is 0 Å². The van der Waals surface area contributed by atoms with Crippen molar-refractivity contribution in [2.24, 2.45) is 73.8 Å². The number of carbonyl (C=O) groups excluding carboxylic acids is 7. The van der Waals surface area contributed by atoms with E-state index in [1.807, 2.05) is 65.8 Å². The number of anilines is 2. The molecule has 7 aliphatic rings. The van der Waals surface area contributed by atoms with Crippen LogP contribution in [0.5, 0.6) is 0 Å². The van der Waals surface area contributed by atoms with Crippen LogP contribution >= 0.6 is 7.82 Å². The van der Waals surface area contributed by atoms with Crippen LogP contribution in [-0.4, -0.2) is 131 Å². The van der Waals surface area contributed by atoms with E-state index in [1.54, 1.807) is 25.7 Å². The summed E-state index contributed by atoms with van der Waals surface area (Å²) in [5.41, 5.74) is 36.1. The molecule has 4 unspecified atom stereocenters. The van der Waals surface area contributed by atoms with Gasteiger partial charge in [-0.1, -0.05) is 72.2 Å². The number of amides is 7. The second-order valence-corrected chi connectivity index (χ2v) is 28.2. The number of carbonyl (C=O) groups is 7. The summed E-state index contributed by atoms with van der Waals surface area (Å²) in [5, 5.41) is 49.8. The van der Waals surface area contributed by atoms with Gasteiger partial charge in [-0.05, 0) is 116 Å². The van der Waals surface area contributed by atoms with Gasteiger partial charge in [-0.15, -0.1) is 29.4 Å². The van der Waals surface area contributed by atoms with Crippen LogP contribution < -0.4 is 49.9 Å². The molecule has 4 saturated heterocycles. The summed E-state index contributed by atoms with van der Waals surface area (Å²) in [4.78, 5) is 106. The smallest absolute Gasteiger partial charge is 0.472 e. The first-order valence-electron chi connectivity index (χ1n) is 30.4. The first-order valence-corrected chi connectivity index (χ1v) is 31.9. The molecule has 1 aromatic carbocycles. The number of nitrogens with two attached hydrogens (primary N) is 6. The van der Waals surface area contributed by atoms with Crippen LogP contribution in [0.15, 0.2) is 58.2 Å². The van der Waals surface area contributed by atoms with Crippen LogP contribution in [-0.2, 0) is 68.7 Å². The molecule has 29 heteroatoms. The van der Waals surface area contributed by atoms with E-state index in [4.69, 9.17) is 69.5 Å². The summed E-state index contributed by atoms with van der Waals surface area (Å²) in [7, 11) is -5.04. The van der Waals surface area contributed by atoms with Crippen LogP contribution in [0.25, 0.3) is 21.3 Å². The molecule has 0 aromatic heterocycles. The van der Waals surface area contributed by atoms with Crippen LogP contribution in [0.3, 0.4) is 0 Å². The predicted molar refractivity (Wildman–Crippen MR) is 337 cm³/mol. The zero-order valence-electron chi connectivity index (χ0n) is 52.9. The Bertz CT molecular complexity index is 3220. The van der Waals surface area contributed by atoms with E-state index < -0.39 is 150 Å². The molecule has 4 fully saturated rings. The van der Waals surface area contributed by atoms with Crippen molar-refractivity contribution in [3.63, 3.8) is 0 Å². The Morgan fingerprint density at radius 1 is 0.791 bits per heavy atom. The number of rotatable bonds is 26. The van der Waals surface area contributed by atoms with Gasteiger partial charge in [0.15, 0.2) is 6.23 Å². The Kier molecular flexibility index (Phi) is 22.5. The molecule has 7 amide bonds. The zero-order chi connectivity index (χ0) is 65.8. The Hall–Kier alpha value is -6.23. The number of phosphoric ester groups is 1. The maximum absolute atomic E-state index is 14.3. The molecule has 7 aliphatic heterocycles. The minimum absolute atomic E-state index is 0. The zero-order valence-corrected chi connectivity index (χ0v) is 54.8. The summed E-state index contributed by atoms with van der Waals surface area (Å²) in [6.45, 7) is 17.6. The van der Waals surface area contributed by atoms with Crippen LogP contribution in [0.1, 0.15) is 145 Å². The molecular weight excluding hydrogens is 1240 g/mol. The van der Waals surface area contributed by atoms with Crippen molar-refractivity contribution in [3.05, 3.63) is 90.6 Å². The van der Waals surface area contributed by atoms with Gasteiger partial charge in [-0.2, -0.15) is 17.1 Å². The third-order valence-corrected chi connectivity index (χ3v) is 21.6. The summed E-state index contributed by atoms with van der Waals surface area (Å²) < 4.78 is 30.7. The second kappa shape index (κ2) is 27.8. The van der Waals surface area contributed by atoms with E-state index >= 15 is 0 Å². The molecule has 17 N–H and O–H groups in total. The normalized spacial score (nSPS) is 34.6. The number of aliphatic hydroxyl groups excluding tert-OH is 2. The van der Waals surface area contributed by atoms with Crippen molar-refractivity contribution < 1.29 is 83.8 Å². The van der Waals surface area contributed by atoms with Gasteiger partial charge in [0.1, 0.15) is 18.3 Å². The number of benzene rings is 1. The summed E-state index contributed by atoms with van der Waals surface area (Å²) in [6.07, 6.45) is -3.66. The first kappa shape index (κ1) is 73.8. The Labute approximate surface area is 543 Å². The van der Waals surface area contributed by atoms with E-state index in [-0.39, 0.29) is 108 Å². The van der Waals surface area contributed by atoms with E-state index in [0.29, 0.717) is 33.9 Å². The monoisotopic (exact) mass is 1330 g/mol. The maximum atomic E-state index is 14.3. The van der Waals surface area contributed by atoms with Gasteiger partial charge in [-0.25, -0.2) is 4.57 Å². The fourth-order valence-corrected chi connectivity index (χ4v) is 16.4. The topological polar surface area (TPSA) is 465 Å². The minimum atomic E-state index is -5.04. The minimum Gasteiger partial charge on any atom is -0.685 e. The molecule has 1 aromatic rings. The predicted octanol–water partition coefficient (Wildman–Crippen LogP) is 5.03. The average molecular weight is 1340 g/mol. The number of primary amides is 6. The third kappa shape index (κ3) is 14.5. The number of ether oxygens (including phenoxy) is 1. The number of aliphatic hydroxyl groups is 2. The number of fused-ring (bicyclic) bond motifs is 10. The molecule has 0 saturated carbocycles. The van der Waals surface area contributed by atoms with Crippen molar-refractivity contribution in [2.75, 3.05) is 30.0 Å². The first-order chi connectivity index (χ1) is 41.4. The van der Waals surface area contributed by atoms with Crippen molar-refractivity contribution in [1.82, 2.24) is 5.32 Å². The molecule has 0 aliphatic carbocycles. The van der Waals surface area contributed by atoms with Gasteiger partial charge in [0.25, 0.3) is 0 Å². The van der Waals surface area contributed by atoms with Crippen LogP contribution in [0, 0.1) is 53.3 Å². The number of hydrogen-bond acceptors (Lipinski definition) is 15. The molecule has 91 heavy (non-hydrogen) atoms. The fourth-order valence-electron chi connectivity index (χ4n) is 15.3. The molecular formula is C62H94CoN13O14P-4. The van der Waals surface area contributed by atoms with Gasteiger partial charge in [0.05, 0.1) is 30.8 Å². The maximum Gasteiger partial charge on any atom is 0.472 e. The Balaban J connectivity index is 0.00000658. The fraction of sp³-hybridized carbons (Fsp3) is 0.661. The number of nitrogens with one attached hydrogen (secondary N) is 2. The van der Waals surface area contributed by atoms with Crippen molar-refractivity contribution >= 4 is 60.5 Å². The number of hydrogen-bond donors (Lipinski definition) is 11. The third-order valence-electron chi connectivity index (χ3n) is 20.5. The van der Waals surface area contributed by atoms with Crippen molar-refractivity contribution in [2.45, 2.75) is 202 Å². The summed E-state index contributed by atoms with van der Waals surface area (Å²) in [6, 6.07) is 1.36. The van der Waals surface area contributed by atoms with Gasteiger partial charge < -0.3 is 91.0 Å². The molecule has 509 valence electrons. The van der Waals surface area contributed by atoms with E-state index in [1.165, 1.54) is 6.92 Å². The number of phosphoric acid groups is 1. The molecule has 8 bridgehead atoms. The number of nitrogens with zero attached hydrogens (tertiary/aromatic N) is 5. The van der Waals surface area contributed by atoms with Crippen molar-refractivity contribution in [3.8, 4) is 0 Å². The molecule has 8 rings (SSSR count). The molecule has 1 radical (unpaired) electrons. The average Bonchev–Trinajstić information content (AvgIpc) is 1.54. The SMILES string of the molecule is C.C/C1=C2/[N-]C(/C=C3\[N-]C(/C=C4\[N-][C@H]([C@H](CC(N)=O)[C@@]4(C)CCC(=O)NCC(C)OP(=O)(O)O[C@H]4[C@@H](O)[C@@H](N5CNc6cc(C)c(C)cc65)O[C@@H]4CO)[C@]4(C)[N-]C1=C(CCC(N)=O)[C@]4(C)CC(N)=O)[C@@H](CCC(N)=O)C3(C)C)[C@@H](CCC(N)=O)[C@]2(C)CC(N)=O.[Co]. The summed E-state index contributed by atoms with van der Waals surface area (Å²) in [5.74, 6) is -6.32. The van der Waals surface area contributed by atoms with Crippen LogP contribution in [0.2, 0.25) is 0 Å². The number of aryl methyl sites for hydroxylation is 2. The Morgan fingerprint density at radius 3 is 1.98 bits per heavy atom. The van der Waals surface area contributed by atoms with Gasteiger partial charge in [0.2, 0.25) is 41.4 Å². The standard InChI is InChI=1S/C61H90N13O14P.CH4.Co/c1-29-19-39-40(20-30(29)2)74(28-69-39)56-52(83)53(41(27-75)86-56)88-89(84,85)87-31(3)26-68-50(82)17-18-58(7)36(21-47(65)79)55-61(10)60(9,25-49(67)81)35(13-16-46(64)78)51(73-61)32(4)54-59(8,24-48(66)80)34(12-15-45(63)77)38(71-54)22-42-57(5,6)33(11-14-44(62)76)37(70-42)23-43(58)72-55;;/h19-20,22-23,31,33-34,36-38,41,52-53,55-56,69,75,83H,11-18,21,24-28H2,1-10H3,(H2,62,76)(H2,63,77)(H2,64,78)(H2,65,79)(H2,66,80)(H2,67,81)(H,68,82)(H,84,85);1H4;/q-4;;/b42-22-,43-23-,54-32-;;/t31?,33-,34-,36+,37?,38?,41-,52-,53-,55-,56+,58-,59+,60+,61+;;/m1../s1. The van der Waals surface area contributed by atoms with E-state index in [0.717, 1.165) is 22.5 Å². The molecule has 16 atom stereocenters. The Morgan fingerprint density at radius 2 is 1.38 bits per heavy atom. The van der Waals surface area contributed by atoms with Crippen LogP contribution in [0.4, 0.5) is 11.4 Å². The largest absolute Gasteiger partial charge is 0.685 e. The quantitative estimate of drug-likeness (QED) is 0.0542. The summed E-state index contributed by atoms with van der Waals surface area (Å²) >= 11 is 0. The van der Waals surface area contributed by atoms with Gasteiger partial charge >= 0.3 is 7.82 Å². The van der Waals surface area contributed by atoms with Gasteiger partial charge in [-0.3, -0.25) is 42.6 Å². The van der Waals surface area contributed by atoms with E-state index in [2.05, 4.69) is 10.6 Å². The molecule has 0 spiro atoms. The second-order valence-electron chi connectivity index (χ2n) is 26.9. The van der Waals surface area contributed by atoms with E-state index in [9.17, 15) is 53.2 Å². The molecule has 7 heterocycles. The number of allylic oxidation sites excluding steroid dienone is 4. The van der Waals surface area contributed by atoms with Gasteiger partial charge in [0, 0.05) is 68.3 Å². The molecule has 27 nitrogen and oxygen atoms in total.